The number of hydrogen-bond acceptors (Lipinski definition) is 5. The van der Waals surface area contributed by atoms with Gasteiger partial charge in [-0.15, -0.1) is 0 Å². The smallest absolute Gasteiger partial charge is 0.161 e. The van der Waals surface area contributed by atoms with E-state index in [1.54, 1.807) is 6.20 Å². The standard InChI is InChI=1S/C13H13N3O2/c14-13(10-3-4-15-8-16-10)9-1-2-11-12(7-9)18-6-5-17-11/h1-4,7-8,13H,5-6,14H2. The second kappa shape index (κ2) is 4.62. The molecular weight excluding hydrogens is 230 g/mol. The van der Waals surface area contributed by atoms with E-state index in [1.165, 1.54) is 6.33 Å². The predicted molar refractivity (Wildman–Crippen MR) is 65.5 cm³/mol. The molecule has 1 aromatic carbocycles. The van der Waals surface area contributed by atoms with Gasteiger partial charge >= 0.3 is 0 Å². The van der Waals surface area contributed by atoms with Crippen molar-refractivity contribution in [2.45, 2.75) is 6.04 Å². The van der Waals surface area contributed by atoms with E-state index in [9.17, 15) is 0 Å². The average Bonchev–Trinajstić information content (AvgIpc) is 2.47. The zero-order valence-electron chi connectivity index (χ0n) is 9.74. The van der Waals surface area contributed by atoms with Gasteiger partial charge in [-0.2, -0.15) is 0 Å². The molecule has 92 valence electrons. The Morgan fingerprint density at radius 2 is 1.94 bits per heavy atom. The molecule has 1 atom stereocenters. The Morgan fingerprint density at radius 3 is 2.72 bits per heavy atom. The molecule has 0 aliphatic carbocycles. The normalized spacial score (nSPS) is 15.2. The third-order valence-electron chi connectivity index (χ3n) is 2.85. The number of nitrogens with two attached hydrogens (primary N) is 1. The first-order valence-corrected chi connectivity index (χ1v) is 5.75. The first-order chi connectivity index (χ1) is 8.84. The molecule has 5 heteroatoms. The van der Waals surface area contributed by atoms with Gasteiger partial charge in [0.1, 0.15) is 19.5 Å². The van der Waals surface area contributed by atoms with Gasteiger partial charge in [0.2, 0.25) is 0 Å². The SMILES string of the molecule is NC(c1ccc2c(c1)OCCO2)c1ccncn1. The summed E-state index contributed by atoms with van der Waals surface area (Å²) < 4.78 is 11.0. The fourth-order valence-corrected chi connectivity index (χ4v) is 1.91. The molecule has 1 aromatic heterocycles. The van der Waals surface area contributed by atoms with Crippen LogP contribution in [0.4, 0.5) is 0 Å². The molecule has 1 aliphatic heterocycles. The predicted octanol–water partition coefficient (Wildman–Crippen LogP) is 1.30. The molecule has 0 spiro atoms. The van der Waals surface area contributed by atoms with Crippen LogP contribution in [-0.2, 0) is 0 Å². The van der Waals surface area contributed by atoms with Crippen molar-refractivity contribution in [1.82, 2.24) is 9.97 Å². The van der Waals surface area contributed by atoms with Crippen LogP contribution in [0.3, 0.4) is 0 Å². The van der Waals surface area contributed by atoms with Crippen molar-refractivity contribution in [3.8, 4) is 11.5 Å². The van der Waals surface area contributed by atoms with E-state index in [0.717, 1.165) is 22.8 Å². The number of benzene rings is 1. The lowest BCUT2D eigenvalue weighted by atomic mass is 10.0. The molecule has 2 N–H and O–H groups in total. The average molecular weight is 243 g/mol. The fourth-order valence-electron chi connectivity index (χ4n) is 1.91. The molecular formula is C13H13N3O2. The number of nitrogens with zero attached hydrogens (tertiary/aromatic N) is 2. The van der Waals surface area contributed by atoms with Crippen molar-refractivity contribution >= 4 is 0 Å². The van der Waals surface area contributed by atoms with Crippen LogP contribution in [0.15, 0.2) is 36.8 Å². The number of aromatic nitrogens is 2. The summed E-state index contributed by atoms with van der Waals surface area (Å²) in [6.45, 7) is 1.16. The van der Waals surface area contributed by atoms with Gasteiger partial charge in [0.25, 0.3) is 0 Å². The molecule has 0 amide bonds. The highest BCUT2D eigenvalue weighted by molar-refractivity contribution is 5.45. The largest absolute Gasteiger partial charge is 0.486 e. The Morgan fingerprint density at radius 1 is 1.11 bits per heavy atom. The Bertz CT molecular complexity index is 545. The summed E-state index contributed by atoms with van der Waals surface area (Å²) in [5.41, 5.74) is 7.88. The maximum absolute atomic E-state index is 6.16. The second-order valence-corrected chi connectivity index (χ2v) is 4.02. The molecule has 0 saturated heterocycles. The van der Waals surface area contributed by atoms with Crippen molar-refractivity contribution in [3.05, 3.63) is 48.0 Å². The van der Waals surface area contributed by atoms with Gasteiger partial charge in [-0.3, -0.25) is 0 Å². The van der Waals surface area contributed by atoms with Crippen molar-refractivity contribution in [2.75, 3.05) is 13.2 Å². The van der Waals surface area contributed by atoms with Gasteiger partial charge in [-0.1, -0.05) is 6.07 Å². The van der Waals surface area contributed by atoms with Crippen LogP contribution in [0.1, 0.15) is 17.3 Å². The van der Waals surface area contributed by atoms with Crippen LogP contribution in [0, 0.1) is 0 Å². The number of ether oxygens (including phenoxy) is 2. The molecule has 2 heterocycles. The van der Waals surface area contributed by atoms with Gasteiger partial charge in [-0.05, 0) is 23.8 Å². The van der Waals surface area contributed by atoms with E-state index < -0.39 is 0 Å². The highest BCUT2D eigenvalue weighted by atomic mass is 16.6. The molecule has 2 aromatic rings. The summed E-state index contributed by atoms with van der Waals surface area (Å²) in [6, 6.07) is 7.23. The highest BCUT2D eigenvalue weighted by Crippen LogP contribution is 2.33. The van der Waals surface area contributed by atoms with Crippen LogP contribution >= 0.6 is 0 Å². The molecule has 5 nitrogen and oxygen atoms in total. The number of hydrogen-bond donors (Lipinski definition) is 1. The summed E-state index contributed by atoms with van der Waals surface area (Å²) in [6.07, 6.45) is 3.17. The van der Waals surface area contributed by atoms with Crippen molar-refractivity contribution in [2.24, 2.45) is 5.73 Å². The maximum atomic E-state index is 6.16. The van der Waals surface area contributed by atoms with E-state index in [4.69, 9.17) is 15.2 Å². The molecule has 0 saturated carbocycles. The molecule has 1 unspecified atom stereocenters. The van der Waals surface area contributed by atoms with Crippen molar-refractivity contribution < 1.29 is 9.47 Å². The topological polar surface area (TPSA) is 70.3 Å². The zero-order chi connectivity index (χ0) is 12.4. The zero-order valence-corrected chi connectivity index (χ0v) is 9.74. The van der Waals surface area contributed by atoms with Gasteiger partial charge in [0.15, 0.2) is 11.5 Å². The Balaban J connectivity index is 1.93. The quantitative estimate of drug-likeness (QED) is 0.860. The van der Waals surface area contributed by atoms with Crippen LogP contribution in [0.5, 0.6) is 11.5 Å². The van der Waals surface area contributed by atoms with E-state index in [0.29, 0.717) is 13.2 Å². The molecule has 18 heavy (non-hydrogen) atoms. The monoisotopic (exact) mass is 243 g/mol. The summed E-state index contributed by atoms with van der Waals surface area (Å²) in [5.74, 6) is 1.50. The maximum Gasteiger partial charge on any atom is 0.161 e. The van der Waals surface area contributed by atoms with Gasteiger partial charge < -0.3 is 15.2 Å². The van der Waals surface area contributed by atoms with Crippen LogP contribution in [0.2, 0.25) is 0 Å². The van der Waals surface area contributed by atoms with E-state index in [1.807, 2.05) is 24.3 Å². The minimum atomic E-state index is -0.288. The lowest BCUT2D eigenvalue weighted by Gasteiger charge is -2.20. The lowest BCUT2D eigenvalue weighted by molar-refractivity contribution is 0.171. The summed E-state index contributed by atoms with van der Waals surface area (Å²) in [5, 5.41) is 0. The Labute approximate surface area is 105 Å². The molecule has 1 aliphatic rings. The summed E-state index contributed by atoms with van der Waals surface area (Å²) in [7, 11) is 0. The fraction of sp³-hybridized carbons (Fsp3) is 0.231. The van der Waals surface area contributed by atoms with E-state index >= 15 is 0 Å². The van der Waals surface area contributed by atoms with Crippen LogP contribution < -0.4 is 15.2 Å². The van der Waals surface area contributed by atoms with Crippen molar-refractivity contribution in [3.63, 3.8) is 0 Å². The minimum Gasteiger partial charge on any atom is -0.486 e. The van der Waals surface area contributed by atoms with E-state index in [-0.39, 0.29) is 6.04 Å². The van der Waals surface area contributed by atoms with Crippen molar-refractivity contribution in [1.29, 1.82) is 0 Å². The molecule has 0 radical (unpaired) electrons. The molecule has 3 rings (SSSR count). The molecule has 0 fully saturated rings. The third kappa shape index (κ3) is 2.00. The van der Waals surface area contributed by atoms with Gasteiger partial charge in [0.05, 0.1) is 11.7 Å². The second-order valence-electron chi connectivity index (χ2n) is 4.02. The minimum absolute atomic E-state index is 0.288. The highest BCUT2D eigenvalue weighted by Gasteiger charge is 2.16. The number of fused-ring (bicyclic) bond motifs is 1. The van der Waals surface area contributed by atoms with Gasteiger partial charge in [-0.25, -0.2) is 9.97 Å². The first-order valence-electron chi connectivity index (χ1n) is 5.75. The van der Waals surface area contributed by atoms with Crippen LogP contribution in [0.25, 0.3) is 0 Å². The van der Waals surface area contributed by atoms with Gasteiger partial charge in [0, 0.05) is 6.20 Å². The number of rotatable bonds is 2. The van der Waals surface area contributed by atoms with Crippen LogP contribution in [-0.4, -0.2) is 23.2 Å². The lowest BCUT2D eigenvalue weighted by Crippen LogP contribution is -2.17. The summed E-state index contributed by atoms with van der Waals surface area (Å²) >= 11 is 0. The summed E-state index contributed by atoms with van der Waals surface area (Å²) in [4.78, 5) is 8.04. The Kier molecular flexibility index (Phi) is 2.82. The first kappa shape index (κ1) is 11.0. The third-order valence-corrected chi connectivity index (χ3v) is 2.85. The Hall–Kier alpha value is -2.14. The van der Waals surface area contributed by atoms with E-state index in [2.05, 4.69) is 9.97 Å². The molecule has 0 bridgehead atoms.